The van der Waals surface area contributed by atoms with E-state index in [1.807, 2.05) is 56.3 Å². The van der Waals surface area contributed by atoms with Crippen LogP contribution in [0.5, 0.6) is 11.5 Å². The second-order valence-electron chi connectivity index (χ2n) is 11.7. The third kappa shape index (κ3) is 6.81. The lowest BCUT2D eigenvalue weighted by Crippen LogP contribution is -2.37. The molecule has 0 saturated heterocycles. The second kappa shape index (κ2) is 13.7. The van der Waals surface area contributed by atoms with Crippen molar-refractivity contribution in [1.82, 2.24) is 0 Å². The molecular formula is C37H36N2O7. The standard InChI is InChI=1S/C37H36N2O7/c1-23-12-13-29(35(41)44-4)31(18-23)39-34(40)30-20-32(26(21-38)19-33(30)43-3)46-27-14-16-37(2,17-15-27)36(42)45-22-25-10-7-9-24-8-5-6-11-28(24)25/h5-13,18-20,27H,14-17,22H2,1-4H3,(H,39,40). The first-order chi connectivity index (χ1) is 22.1. The highest BCUT2D eigenvalue weighted by Crippen LogP contribution is 2.40. The van der Waals surface area contributed by atoms with E-state index in [-0.39, 0.29) is 52.6 Å². The summed E-state index contributed by atoms with van der Waals surface area (Å²) in [5.74, 6) is -0.973. The summed E-state index contributed by atoms with van der Waals surface area (Å²) in [4.78, 5) is 39.0. The Morgan fingerprint density at radius 1 is 0.935 bits per heavy atom. The number of rotatable bonds is 9. The number of esters is 2. The maximum atomic E-state index is 13.5. The van der Waals surface area contributed by atoms with Gasteiger partial charge in [-0.15, -0.1) is 0 Å². The highest BCUT2D eigenvalue weighted by atomic mass is 16.5. The Kier molecular flexibility index (Phi) is 9.57. The van der Waals surface area contributed by atoms with Crippen LogP contribution in [0.2, 0.25) is 0 Å². The van der Waals surface area contributed by atoms with Crippen LogP contribution in [0.4, 0.5) is 5.69 Å². The summed E-state index contributed by atoms with van der Waals surface area (Å²) in [6, 6.07) is 24.0. The molecule has 9 heteroatoms. The number of carbonyl (C=O) groups excluding carboxylic acids is 3. The molecule has 0 bridgehead atoms. The fourth-order valence-corrected chi connectivity index (χ4v) is 5.80. The van der Waals surface area contributed by atoms with Gasteiger partial charge in [0.25, 0.3) is 5.91 Å². The van der Waals surface area contributed by atoms with E-state index in [1.54, 1.807) is 18.2 Å². The predicted octanol–water partition coefficient (Wildman–Crippen LogP) is 7.14. The van der Waals surface area contributed by atoms with E-state index in [4.69, 9.17) is 18.9 Å². The summed E-state index contributed by atoms with van der Waals surface area (Å²) in [6.45, 7) is 3.95. The number of benzene rings is 4. The summed E-state index contributed by atoms with van der Waals surface area (Å²) in [5.41, 5.74) is 1.95. The van der Waals surface area contributed by atoms with Gasteiger partial charge in [0.1, 0.15) is 24.2 Å². The number of hydrogen-bond acceptors (Lipinski definition) is 8. The van der Waals surface area contributed by atoms with E-state index in [0.29, 0.717) is 25.7 Å². The number of fused-ring (bicyclic) bond motifs is 1. The molecule has 0 aromatic heterocycles. The van der Waals surface area contributed by atoms with Gasteiger partial charge in [-0.05, 0) is 79.6 Å². The van der Waals surface area contributed by atoms with Gasteiger partial charge in [-0.3, -0.25) is 9.59 Å². The number of amides is 1. The van der Waals surface area contributed by atoms with E-state index >= 15 is 0 Å². The Morgan fingerprint density at radius 2 is 1.67 bits per heavy atom. The van der Waals surface area contributed by atoms with Crippen molar-refractivity contribution >= 4 is 34.3 Å². The molecule has 1 saturated carbocycles. The quantitative estimate of drug-likeness (QED) is 0.196. The van der Waals surface area contributed by atoms with Crippen LogP contribution in [0.25, 0.3) is 10.8 Å². The van der Waals surface area contributed by atoms with Crippen LogP contribution in [-0.4, -0.2) is 38.2 Å². The molecule has 0 radical (unpaired) electrons. The summed E-state index contributed by atoms with van der Waals surface area (Å²) >= 11 is 0. The fourth-order valence-electron chi connectivity index (χ4n) is 5.80. The van der Waals surface area contributed by atoms with E-state index in [2.05, 4.69) is 11.4 Å². The molecule has 46 heavy (non-hydrogen) atoms. The molecule has 9 nitrogen and oxygen atoms in total. The molecule has 4 aromatic rings. The lowest BCUT2D eigenvalue weighted by Gasteiger charge is -2.35. The molecule has 1 fully saturated rings. The van der Waals surface area contributed by atoms with Gasteiger partial charge < -0.3 is 24.3 Å². The summed E-state index contributed by atoms with van der Waals surface area (Å²) in [6.07, 6.45) is 1.93. The van der Waals surface area contributed by atoms with Gasteiger partial charge in [0, 0.05) is 6.07 Å². The third-order valence-corrected chi connectivity index (χ3v) is 8.56. The van der Waals surface area contributed by atoms with Crippen molar-refractivity contribution in [2.75, 3.05) is 19.5 Å². The van der Waals surface area contributed by atoms with Gasteiger partial charge in [-0.1, -0.05) is 48.5 Å². The van der Waals surface area contributed by atoms with E-state index in [9.17, 15) is 19.6 Å². The summed E-state index contributed by atoms with van der Waals surface area (Å²) in [7, 11) is 2.67. The van der Waals surface area contributed by atoms with Crippen LogP contribution in [0.1, 0.15) is 70.0 Å². The number of methoxy groups -OCH3 is 2. The number of nitrogens with zero attached hydrogens (tertiary/aromatic N) is 1. The molecule has 1 amide bonds. The van der Waals surface area contributed by atoms with E-state index < -0.39 is 17.3 Å². The maximum absolute atomic E-state index is 13.5. The Labute approximate surface area is 268 Å². The van der Waals surface area contributed by atoms with Crippen LogP contribution >= 0.6 is 0 Å². The summed E-state index contributed by atoms with van der Waals surface area (Å²) in [5, 5.41) is 14.8. The van der Waals surface area contributed by atoms with Gasteiger partial charge in [-0.2, -0.15) is 5.26 Å². The van der Waals surface area contributed by atoms with Crippen molar-refractivity contribution in [3.05, 3.63) is 101 Å². The maximum Gasteiger partial charge on any atom is 0.339 e. The lowest BCUT2D eigenvalue weighted by molar-refractivity contribution is -0.159. The Balaban J connectivity index is 1.27. The normalized spacial score (nSPS) is 17.4. The topological polar surface area (TPSA) is 124 Å². The first-order valence-electron chi connectivity index (χ1n) is 15.1. The number of hydrogen-bond donors (Lipinski definition) is 1. The first kappa shape index (κ1) is 32.0. The van der Waals surface area contributed by atoms with Gasteiger partial charge in [0.15, 0.2) is 0 Å². The fraction of sp³-hybridized carbons (Fsp3) is 0.297. The van der Waals surface area contributed by atoms with E-state index in [0.717, 1.165) is 21.9 Å². The Bertz CT molecular complexity index is 1830. The molecule has 1 N–H and O–H groups in total. The number of carbonyl (C=O) groups is 3. The highest BCUT2D eigenvalue weighted by Gasteiger charge is 2.40. The molecule has 5 rings (SSSR count). The van der Waals surface area contributed by atoms with E-state index in [1.165, 1.54) is 26.4 Å². The molecule has 1 aliphatic rings. The van der Waals surface area contributed by atoms with Crippen molar-refractivity contribution in [3.8, 4) is 17.6 Å². The van der Waals surface area contributed by atoms with Gasteiger partial charge in [-0.25, -0.2) is 4.79 Å². The molecule has 0 atom stereocenters. The second-order valence-corrected chi connectivity index (χ2v) is 11.7. The number of ether oxygens (including phenoxy) is 4. The minimum Gasteiger partial charge on any atom is -0.496 e. The third-order valence-electron chi connectivity index (χ3n) is 8.56. The number of aryl methyl sites for hydroxylation is 1. The first-order valence-corrected chi connectivity index (χ1v) is 15.1. The number of nitrogens with one attached hydrogen (secondary N) is 1. The molecular weight excluding hydrogens is 584 g/mol. The highest BCUT2D eigenvalue weighted by molar-refractivity contribution is 6.09. The van der Waals surface area contributed by atoms with Crippen LogP contribution in [-0.2, 0) is 20.9 Å². The van der Waals surface area contributed by atoms with Crippen molar-refractivity contribution in [1.29, 1.82) is 5.26 Å². The number of anilines is 1. The van der Waals surface area contributed by atoms with Crippen molar-refractivity contribution in [2.45, 2.75) is 52.2 Å². The smallest absolute Gasteiger partial charge is 0.339 e. The predicted molar refractivity (Wildman–Crippen MR) is 173 cm³/mol. The SMILES string of the molecule is COC(=O)c1ccc(C)cc1NC(=O)c1cc(OC2CCC(C)(C(=O)OCc3cccc4ccccc34)CC2)c(C#N)cc1OC. The molecule has 1 aliphatic carbocycles. The van der Waals surface area contributed by atoms with Crippen LogP contribution in [0.3, 0.4) is 0 Å². The summed E-state index contributed by atoms with van der Waals surface area (Å²) < 4.78 is 22.4. The average molecular weight is 621 g/mol. The molecule has 4 aromatic carbocycles. The molecule has 0 spiro atoms. The molecule has 0 unspecified atom stereocenters. The largest absolute Gasteiger partial charge is 0.496 e. The molecule has 236 valence electrons. The van der Waals surface area contributed by atoms with Gasteiger partial charge >= 0.3 is 11.9 Å². The average Bonchev–Trinajstić information content (AvgIpc) is 3.07. The Hall–Kier alpha value is -5.36. The molecule has 0 heterocycles. The minimum atomic E-state index is -0.668. The zero-order valence-corrected chi connectivity index (χ0v) is 26.3. The zero-order chi connectivity index (χ0) is 32.8. The van der Waals surface area contributed by atoms with Crippen LogP contribution < -0.4 is 14.8 Å². The van der Waals surface area contributed by atoms with Crippen molar-refractivity contribution in [3.63, 3.8) is 0 Å². The zero-order valence-electron chi connectivity index (χ0n) is 26.3. The minimum absolute atomic E-state index is 0.131. The monoisotopic (exact) mass is 620 g/mol. The van der Waals surface area contributed by atoms with Crippen molar-refractivity contribution in [2.24, 2.45) is 5.41 Å². The lowest BCUT2D eigenvalue weighted by atomic mass is 9.74. The van der Waals surface area contributed by atoms with Gasteiger partial charge in [0.2, 0.25) is 0 Å². The van der Waals surface area contributed by atoms with Crippen LogP contribution in [0, 0.1) is 23.7 Å². The molecule has 0 aliphatic heterocycles. The Morgan fingerprint density at radius 3 is 2.39 bits per heavy atom. The van der Waals surface area contributed by atoms with Crippen LogP contribution in [0.15, 0.2) is 72.8 Å². The van der Waals surface area contributed by atoms with Gasteiger partial charge in [0.05, 0.1) is 48.1 Å². The number of nitriles is 1. The van der Waals surface area contributed by atoms with Crippen molar-refractivity contribution < 1.29 is 33.3 Å².